The van der Waals surface area contributed by atoms with Gasteiger partial charge in [0.1, 0.15) is 0 Å². The van der Waals surface area contributed by atoms with Gasteiger partial charge in [0.15, 0.2) is 0 Å². The first kappa shape index (κ1) is 16.0. The first-order chi connectivity index (χ1) is 9.92. The number of fused-ring (bicyclic) bond motifs is 2. The van der Waals surface area contributed by atoms with Crippen molar-refractivity contribution in [3.63, 3.8) is 0 Å². The number of hydrogen-bond donors (Lipinski definition) is 0. The molecule has 0 bridgehead atoms. The van der Waals surface area contributed by atoms with Gasteiger partial charge in [-0.1, -0.05) is 77.2 Å². The zero-order valence-corrected chi connectivity index (χ0v) is 16.7. The molecule has 120 valence electrons. The van der Waals surface area contributed by atoms with Gasteiger partial charge in [-0.15, -0.1) is 0 Å². The molecule has 1 aromatic rings. The Hall–Kier alpha value is -0.823. The Kier molecular flexibility index (Phi) is 3.19. The second kappa shape index (κ2) is 4.38. The Morgan fingerprint density at radius 3 is 2.09 bits per heavy atom. The fraction of sp³-hybridized carbons (Fsp3) is 0.619. The molecule has 1 fully saturated rings. The van der Waals surface area contributed by atoms with E-state index in [0.29, 0.717) is 10.8 Å². The maximum Gasteiger partial charge on any atom is 0.0483 e. The molecular weight excluding hydrogens is 280 g/mol. The largest absolute Gasteiger partial charge is 0.0693 e. The third-order valence-electron chi connectivity index (χ3n) is 6.16. The van der Waals surface area contributed by atoms with Crippen molar-refractivity contribution in [2.24, 2.45) is 10.8 Å². The van der Waals surface area contributed by atoms with Gasteiger partial charge in [-0.2, -0.15) is 0 Å². The summed E-state index contributed by atoms with van der Waals surface area (Å²) in [6, 6.07) is 8.29. The van der Waals surface area contributed by atoms with E-state index in [1.807, 2.05) is 0 Å². The quantitative estimate of drug-likeness (QED) is 0.552. The highest BCUT2D eigenvalue weighted by atomic mass is 28.3. The zero-order chi connectivity index (χ0) is 16.6. The van der Waals surface area contributed by atoms with Crippen LogP contribution in [0.15, 0.2) is 23.8 Å². The topological polar surface area (TPSA) is 0 Å². The Morgan fingerprint density at radius 2 is 1.59 bits per heavy atom. The second-order valence-corrected chi connectivity index (χ2v) is 15.6. The zero-order valence-electron chi connectivity index (χ0n) is 15.7. The van der Waals surface area contributed by atoms with E-state index in [4.69, 9.17) is 0 Å². The van der Waals surface area contributed by atoms with Gasteiger partial charge in [0, 0.05) is 13.5 Å². The summed E-state index contributed by atoms with van der Waals surface area (Å²) in [5.74, 6) is 0. The average molecular weight is 313 g/mol. The summed E-state index contributed by atoms with van der Waals surface area (Å²) in [6.45, 7) is 19.8. The predicted octanol–water partition coefficient (Wildman–Crippen LogP) is 6.42. The highest BCUT2D eigenvalue weighted by molar-refractivity contribution is 6.76. The van der Waals surface area contributed by atoms with E-state index in [0.717, 1.165) is 0 Å². The summed E-state index contributed by atoms with van der Waals surface area (Å²) in [5.41, 5.74) is 7.29. The normalized spacial score (nSPS) is 23.9. The van der Waals surface area contributed by atoms with Gasteiger partial charge in [-0.05, 0) is 46.9 Å². The van der Waals surface area contributed by atoms with E-state index >= 15 is 0 Å². The van der Waals surface area contributed by atoms with Crippen LogP contribution in [-0.4, -0.2) is 8.07 Å². The molecule has 1 heteroatoms. The molecule has 0 saturated heterocycles. The van der Waals surface area contributed by atoms with Crippen LogP contribution in [-0.2, 0) is 5.41 Å². The average Bonchev–Trinajstić information content (AvgIpc) is 2.63. The molecule has 0 atom stereocenters. The Bertz CT molecular complexity index is 639. The van der Waals surface area contributed by atoms with Crippen molar-refractivity contribution < 1.29 is 0 Å². The first-order valence-electron chi connectivity index (χ1n) is 8.74. The molecule has 2 aliphatic rings. The summed E-state index contributed by atoms with van der Waals surface area (Å²) < 4.78 is 0. The third kappa shape index (κ3) is 1.87. The van der Waals surface area contributed by atoms with Crippen molar-refractivity contribution in [3.05, 3.63) is 40.5 Å². The molecule has 0 radical (unpaired) electrons. The maximum atomic E-state index is 2.57. The molecular formula is C21H32Si. The van der Waals surface area contributed by atoms with E-state index in [1.165, 1.54) is 23.6 Å². The monoisotopic (exact) mass is 312 g/mol. The lowest BCUT2D eigenvalue weighted by Gasteiger charge is -2.68. The highest BCUT2D eigenvalue weighted by Gasteiger charge is 2.69. The van der Waals surface area contributed by atoms with Crippen molar-refractivity contribution in [2.75, 3.05) is 0 Å². The van der Waals surface area contributed by atoms with Crippen LogP contribution in [0.3, 0.4) is 0 Å². The molecule has 0 aromatic heterocycles. The number of aryl methyl sites for hydroxylation is 1. The van der Waals surface area contributed by atoms with Gasteiger partial charge in [-0.25, -0.2) is 0 Å². The van der Waals surface area contributed by atoms with Crippen LogP contribution < -0.4 is 0 Å². The van der Waals surface area contributed by atoms with Crippen molar-refractivity contribution in [1.29, 1.82) is 0 Å². The smallest absolute Gasteiger partial charge is 0.0483 e. The molecule has 0 aliphatic heterocycles. The van der Waals surface area contributed by atoms with Crippen LogP contribution >= 0.6 is 0 Å². The number of hydrogen-bond acceptors (Lipinski definition) is 0. The SMILES string of the molecule is Cc1cccc2c1C=C(C[Si](C)(C)C)C21C(C)(C)CC1(C)C. The summed E-state index contributed by atoms with van der Waals surface area (Å²) in [5, 5.41) is 0. The number of benzene rings is 1. The fourth-order valence-corrected chi connectivity index (χ4v) is 7.70. The van der Waals surface area contributed by atoms with Crippen LogP contribution in [0.5, 0.6) is 0 Å². The van der Waals surface area contributed by atoms with Crippen LogP contribution in [0.25, 0.3) is 6.08 Å². The molecule has 0 unspecified atom stereocenters. The van der Waals surface area contributed by atoms with E-state index in [1.54, 1.807) is 11.1 Å². The van der Waals surface area contributed by atoms with E-state index in [9.17, 15) is 0 Å². The van der Waals surface area contributed by atoms with Crippen LogP contribution in [0.1, 0.15) is 50.8 Å². The Morgan fingerprint density at radius 1 is 1.00 bits per heavy atom. The molecule has 0 heterocycles. The van der Waals surface area contributed by atoms with Gasteiger partial charge >= 0.3 is 0 Å². The standard InChI is InChI=1S/C21H32Si/c1-15-10-9-11-18-17(15)12-16(13-22(6,7)8)21(18)19(2,3)14-20(21,4)5/h9-12H,13-14H2,1-8H3. The lowest BCUT2D eigenvalue weighted by Crippen LogP contribution is -2.64. The lowest BCUT2D eigenvalue weighted by atomic mass is 9.35. The second-order valence-electron chi connectivity index (χ2n) is 10.1. The fourth-order valence-electron chi connectivity index (χ4n) is 6.19. The van der Waals surface area contributed by atoms with E-state index in [2.05, 4.69) is 78.5 Å². The molecule has 2 aliphatic carbocycles. The van der Waals surface area contributed by atoms with Gasteiger partial charge in [0.05, 0.1) is 0 Å². The minimum absolute atomic E-state index is 0.252. The Labute approximate surface area is 138 Å². The van der Waals surface area contributed by atoms with Crippen LogP contribution in [0.4, 0.5) is 0 Å². The highest BCUT2D eigenvalue weighted by Crippen LogP contribution is 2.74. The molecule has 0 nitrogen and oxygen atoms in total. The summed E-state index contributed by atoms with van der Waals surface area (Å²) in [7, 11) is -1.14. The van der Waals surface area contributed by atoms with Gasteiger partial charge in [0.2, 0.25) is 0 Å². The molecule has 1 saturated carbocycles. The maximum absolute atomic E-state index is 2.57. The van der Waals surface area contributed by atoms with E-state index < -0.39 is 8.07 Å². The lowest BCUT2D eigenvalue weighted by molar-refractivity contribution is -0.0889. The Balaban J connectivity index is 2.27. The predicted molar refractivity (Wildman–Crippen MR) is 101 cm³/mol. The number of allylic oxidation sites excluding steroid dienone is 1. The summed E-state index contributed by atoms with van der Waals surface area (Å²) in [6.07, 6.45) is 3.89. The van der Waals surface area contributed by atoms with Crippen LogP contribution in [0.2, 0.25) is 25.7 Å². The summed E-state index contributed by atoms with van der Waals surface area (Å²) in [4.78, 5) is 0. The molecule has 3 rings (SSSR count). The van der Waals surface area contributed by atoms with Gasteiger partial charge in [-0.3, -0.25) is 0 Å². The summed E-state index contributed by atoms with van der Waals surface area (Å²) >= 11 is 0. The molecule has 22 heavy (non-hydrogen) atoms. The molecule has 1 spiro atoms. The number of rotatable bonds is 2. The molecule has 0 amide bonds. The first-order valence-corrected chi connectivity index (χ1v) is 12.4. The minimum atomic E-state index is -1.14. The van der Waals surface area contributed by atoms with Crippen LogP contribution in [0, 0.1) is 17.8 Å². The third-order valence-corrected chi connectivity index (χ3v) is 7.60. The van der Waals surface area contributed by atoms with Crippen molar-refractivity contribution in [2.45, 2.75) is 72.1 Å². The van der Waals surface area contributed by atoms with Crippen molar-refractivity contribution in [1.82, 2.24) is 0 Å². The van der Waals surface area contributed by atoms with E-state index in [-0.39, 0.29) is 5.41 Å². The van der Waals surface area contributed by atoms with Crippen molar-refractivity contribution >= 4 is 14.1 Å². The molecule has 1 aromatic carbocycles. The van der Waals surface area contributed by atoms with Crippen molar-refractivity contribution in [3.8, 4) is 0 Å². The minimum Gasteiger partial charge on any atom is -0.0693 e. The molecule has 0 N–H and O–H groups in total. The van der Waals surface area contributed by atoms with Gasteiger partial charge in [0.25, 0.3) is 0 Å². The van der Waals surface area contributed by atoms with Gasteiger partial charge < -0.3 is 0 Å².